The normalized spacial score (nSPS) is 10.2. The van der Waals surface area contributed by atoms with E-state index in [0.29, 0.717) is 11.4 Å². The van der Waals surface area contributed by atoms with Gasteiger partial charge in [0, 0.05) is 10.6 Å². The monoisotopic (exact) mass is 464 g/mol. The molecule has 0 aliphatic rings. The Bertz CT molecular complexity index is 1190. The molecule has 3 aromatic carbocycles. The second-order valence-corrected chi connectivity index (χ2v) is 7.75. The Morgan fingerprint density at radius 3 is 2.06 bits per heavy atom. The summed E-state index contributed by atoms with van der Waals surface area (Å²) in [6.45, 7) is 0. The lowest BCUT2D eigenvalue weighted by Crippen LogP contribution is -2.17. The summed E-state index contributed by atoms with van der Waals surface area (Å²) in [5, 5.41) is 14.6. The topological polar surface area (TPSA) is 122 Å². The molecule has 0 atom stereocenters. The van der Waals surface area contributed by atoms with Crippen molar-refractivity contribution in [2.75, 3.05) is 23.5 Å². The quantitative estimate of drug-likeness (QED) is 0.338. The average Bonchev–Trinajstić information content (AvgIpc) is 2.83. The number of anilines is 2. The molecule has 0 heterocycles. The lowest BCUT2D eigenvalue weighted by Gasteiger charge is -2.10. The Hall–Kier alpha value is -4.11. The number of methoxy groups -OCH3 is 1. The standard InChI is InChI=1S/C24H20N2O6S/c1-32-24(31)19-8-4-5-9-20(19)26-21(27)14-33-16-12-10-15(11-13-16)25-22(28)17-6-2-3-7-18(17)23(29)30/h2-13H,14H2,1H3,(H,25,28)(H,26,27)(H,29,30). The molecule has 3 rings (SSSR count). The van der Waals surface area contributed by atoms with Gasteiger partial charge in [0.1, 0.15) is 0 Å². The van der Waals surface area contributed by atoms with Crippen molar-refractivity contribution in [2.45, 2.75) is 4.90 Å². The van der Waals surface area contributed by atoms with Crippen LogP contribution >= 0.6 is 11.8 Å². The Labute approximate surface area is 194 Å². The molecule has 2 amide bonds. The van der Waals surface area contributed by atoms with E-state index in [1.807, 2.05) is 0 Å². The van der Waals surface area contributed by atoms with Gasteiger partial charge in [0.2, 0.25) is 5.91 Å². The SMILES string of the molecule is COC(=O)c1ccccc1NC(=O)CSc1ccc(NC(=O)c2ccccc2C(=O)O)cc1. The van der Waals surface area contributed by atoms with Crippen LogP contribution in [0.5, 0.6) is 0 Å². The molecule has 0 unspecified atom stereocenters. The highest BCUT2D eigenvalue weighted by Crippen LogP contribution is 2.22. The maximum Gasteiger partial charge on any atom is 0.339 e. The van der Waals surface area contributed by atoms with E-state index < -0.39 is 17.8 Å². The minimum Gasteiger partial charge on any atom is -0.478 e. The van der Waals surface area contributed by atoms with Crippen LogP contribution in [0.15, 0.2) is 77.7 Å². The highest BCUT2D eigenvalue weighted by Gasteiger charge is 2.16. The molecule has 0 aliphatic heterocycles. The van der Waals surface area contributed by atoms with Crippen molar-refractivity contribution in [3.8, 4) is 0 Å². The maximum atomic E-state index is 12.4. The number of hydrogen-bond acceptors (Lipinski definition) is 6. The van der Waals surface area contributed by atoms with E-state index in [1.54, 1.807) is 60.7 Å². The average molecular weight is 464 g/mol. The second kappa shape index (κ2) is 11.0. The highest BCUT2D eigenvalue weighted by molar-refractivity contribution is 8.00. The number of para-hydroxylation sites is 1. The molecule has 8 nitrogen and oxygen atoms in total. The van der Waals surface area contributed by atoms with Crippen LogP contribution in [-0.4, -0.2) is 41.7 Å². The number of carbonyl (C=O) groups excluding carboxylic acids is 3. The van der Waals surface area contributed by atoms with Gasteiger partial charge >= 0.3 is 11.9 Å². The molecule has 0 aliphatic carbocycles. The number of hydrogen-bond donors (Lipinski definition) is 3. The summed E-state index contributed by atoms with van der Waals surface area (Å²) in [4.78, 5) is 48.7. The Balaban J connectivity index is 1.57. The van der Waals surface area contributed by atoms with Crippen molar-refractivity contribution >= 4 is 46.9 Å². The predicted octanol–water partition coefficient (Wildman–Crippen LogP) is 4.15. The lowest BCUT2D eigenvalue weighted by molar-refractivity contribution is -0.113. The zero-order valence-electron chi connectivity index (χ0n) is 17.5. The number of nitrogens with one attached hydrogen (secondary N) is 2. The minimum atomic E-state index is -1.18. The molecule has 0 bridgehead atoms. The van der Waals surface area contributed by atoms with E-state index in [-0.39, 0.29) is 28.4 Å². The first-order valence-electron chi connectivity index (χ1n) is 9.72. The number of carboxylic acids is 1. The van der Waals surface area contributed by atoms with E-state index in [4.69, 9.17) is 4.74 Å². The van der Waals surface area contributed by atoms with Gasteiger partial charge in [-0.2, -0.15) is 0 Å². The van der Waals surface area contributed by atoms with Gasteiger partial charge in [0.15, 0.2) is 0 Å². The Morgan fingerprint density at radius 1 is 0.818 bits per heavy atom. The van der Waals surface area contributed by atoms with Gasteiger partial charge in [0.05, 0.1) is 35.2 Å². The van der Waals surface area contributed by atoms with E-state index in [2.05, 4.69) is 10.6 Å². The van der Waals surface area contributed by atoms with Crippen molar-refractivity contribution in [3.63, 3.8) is 0 Å². The van der Waals surface area contributed by atoms with Gasteiger partial charge in [0.25, 0.3) is 5.91 Å². The van der Waals surface area contributed by atoms with Crippen LogP contribution < -0.4 is 10.6 Å². The highest BCUT2D eigenvalue weighted by atomic mass is 32.2. The first-order valence-corrected chi connectivity index (χ1v) is 10.7. The fourth-order valence-electron chi connectivity index (χ4n) is 2.92. The van der Waals surface area contributed by atoms with Crippen LogP contribution in [0.3, 0.4) is 0 Å². The van der Waals surface area contributed by atoms with Crippen molar-refractivity contribution < 1.29 is 29.0 Å². The molecule has 0 aromatic heterocycles. The molecule has 0 saturated heterocycles. The lowest BCUT2D eigenvalue weighted by atomic mass is 10.1. The number of amides is 2. The molecule has 168 valence electrons. The number of esters is 1. The second-order valence-electron chi connectivity index (χ2n) is 6.70. The Kier molecular flexibility index (Phi) is 7.82. The van der Waals surface area contributed by atoms with Gasteiger partial charge < -0.3 is 20.5 Å². The number of ether oxygens (including phenoxy) is 1. The molecule has 3 N–H and O–H groups in total. The van der Waals surface area contributed by atoms with Crippen molar-refractivity contribution in [3.05, 3.63) is 89.5 Å². The summed E-state index contributed by atoms with van der Waals surface area (Å²) in [5.74, 6) is -2.44. The number of carboxylic acid groups (broad SMARTS) is 1. The summed E-state index contributed by atoms with van der Waals surface area (Å²) in [6.07, 6.45) is 0. The summed E-state index contributed by atoms with van der Waals surface area (Å²) in [7, 11) is 1.27. The molecular weight excluding hydrogens is 444 g/mol. The zero-order valence-corrected chi connectivity index (χ0v) is 18.3. The van der Waals surface area contributed by atoms with E-state index >= 15 is 0 Å². The summed E-state index contributed by atoms with van der Waals surface area (Å²) >= 11 is 1.28. The third kappa shape index (κ3) is 6.20. The molecular formula is C24H20N2O6S. The van der Waals surface area contributed by atoms with Gasteiger partial charge in [-0.3, -0.25) is 9.59 Å². The van der Waals surface area contributed by atoms with E-state index in [9.17, 15) is 24.3 Å². The number of rotatable bonds is 8. The van der Waals surface area contributed by atoms with Crippen molar-refractivity contribution in [2.24, 2.45) is 0 Å². The van der Waals surface area contributed by atoms with Crippen molar-refractivity contribution in [1.82, 2.24) is 0 Å². The van der Waals surface area contributed by atoms with Crippen molar-refractivity contribution in [1.29, 1.82) is 0 Å². The van der Waals surface area contributed by atoms with Crippen LogP contribution in [-0.2, 0) is 9.53 Å². The van der Waals surface area contributed by atoms with Gasteiger partial charge in [-0.15, -0.1) is 11.8 Å². The maximum absolute atomic E-state index is 12.4. The predicted molar refractivity (Wildman–Crippen MR) is 125 cm³/mol. The smallest absolute Gasteiger partial charge is 0.339 e. The van der Waals surface area contributed by atoms with Crippen LogP contribution in [0.1, 0.15) is 31.1 Å². The molecule has 0 fully saturated rings. The summed E-state index contributed by atoms with van der Waals surface area (Å²) in [6, 6.07) is 19.3. The van der Waals surface area contributed by atoms with Gasteiger partial charge in [-0.25, -0.2) is 9.59 Å². The summed E-state index contributed by atoms with van der Waals surface area (Å²) < 4.78 is 4.72. The van der Waals surface area contributed by atoms with Gasteiger partial charge in [-0.05, 0) is 48.5 Å². The number of thioether (sulfide) groups is 1. The molecule has 0 saturated carbocycles. The largest absolute Gasteiger partial charge is 0.478 e. The van der Waals surface area contributed by atoms with Crippen LogP contribution in [0.25, 0.3) is 0 Å². The summed E-state index contributed by atoms with van der Waals surface area (Å²) in [5.41, 5.74) is 1.10. The van der Waals surface area contributed by atoms with E-state index in [0.717, 1.165) is 4.90 Å². The molecule has 33 heavy (non-hydrogen) atoms. The fraction of sp³-hybridized carbons (Fsp3) is 0.0833. The van der Waals surface area contributed by atoms with Crippen LogP contribution in [0.4, 0.5) is 11.4 Å². The molecule has 9 heteroatoms. The molecule has 0 spiro atoms. The van der Waals surface area contributed by atoms with Gasteiger partial charge in [-0.1, -0.05) is 24.3 Å². The third-order valence-corrected chi connectivity index (χ3v) is 5.50. The zero-order chi connectivity index (χ0) is 23.8. The molecule has 0 radical (unpaired) electrons. The number of aromatic carboxylic acids is 1. The minimum absolute atomic E-state index is 0.0624. The third-order valence-electron chi connectivity index (χ3n) is 4.49. The number of carbonyl (C=O) groups is 4. The van der Waals surface area contributed by atoms with Crippen LogP contribution in [0, 0.1) is 0 Å². The fourth-order valence-corrected chi connectivity index (χ4v) is 3.61. The first-order chi connectivity index (χ1) is 15.9. The molecule has 3 aromatic rings. The number of benzene rings is 3. The Morgan fingerprint density at radius 2 is 1.42 bits per heavy atom. The van der Waals surface area contributed by atoms with Crippen LogP contribution in [0.2, 0.25) is 0 Å². The first kappa shape index (κ1) is 23.6. The van der Waals surface area contributed by atoms with E-state index in [1.165, 1.54) is 31.0 Å².